The fraction of sp³-hybridized carbons (Fsp3) is 0.154. The third-order valence-corrected chi connectivity index (χ3v) is 10.2. The summed E-state index contributed by atoms with van der Waals surface area (Å²) >= 11 is 0. The van der Waals surface area contributed by atoms with Gasteiger partial charge in [0, 0.05) is 17.1 Å². The summed E-state index contributed by atoms with van der Waals surface area (Å²) in [6.45, 7) is 13.9. The summed E-state index contributed by atoms with van der Waals surface area (Å²) in [6.07, 6.45) is 0. The van der Waals surface area contributed by atoms with Gasteiger partial charge in [0.1, 0.15) is 0 Å². The van der Waals surface area contributed by atoms with E-state index in [9.17, 15) is 0 Å². The van der Waals surface area contributed by atoms with E-state index in [1.54, 1.807) is 0 Å². The molecule has 0 aliphatic carbocycles. The molecule has 0 unspecified atom stereocenters. The summed E-state index contributed by atoms with van der Waals surface area (Å²) in [5, 5.41) is 7.63. The molecule has 8 aromatic carbocycles. The average molecular weight is 688 g/mol. The van der Waals surface area contributed by atoms with E-state index >= 15 is 0 Å². The smallest absolute Gasteiger partial charge is 0.0629 e. The topological polar surface area (TPSA) is 3.24 Å². The molecule has 0 saturated carbocycles. The van der Waals surface area contributed by atoms with E-state index in [-0.39, 0.29) is 22.9 Å². The number of nitrogens with zero attached hydrogens (tertiary/aromatic N) is 1. The molecule has 0 heterocycles. The quantitative estimate of drug-likeness (QED) is 0.124. The van der Waals surface area contributed by atoms with Gasteiger partial charge in [-0.1, -0.05) is 175 Å². The van der Waals surface area contributed by atoms with Crippen molar-refractivity contribution in [1.29, 1.82) is 0 Å². The first-order valence-electron chi connectivity index (χ1n) is 19.6. The molecule has 0 bridgehead atoms. The molecule has 0 aliphatic rings. The Hall–Kier alpha value is -5.92. The van der Waals surface area contributed by atoms with Crippen LogP contribution in [0.5, 0.6) is 0 Å². The first kappa shape index (κ1) is 31.8. The number of hydrogen-bond acceptors (Lipinski definition) is 1. The van der Waals surface area contributed by atoms with Gasteiger partial charge in [0.15, 0.2) is 0 Å². The molecule has 0 atom stereocenters. The Bertz CT molecular complexity index is 2710. The number of rotatable bonds is 6. The van der Waals surface area contributed by atoms with Crippen molar-refractivity contribution < 1.29 is 2.74 Å². The minimum absolute atomic E-state index is 0.0267. The lowest BCUT2D eigenvalue weighted by molar-refractivity contribution is 0.593. The third-order valence-electron chi connectivity index (χ3n) is 10.2. The lowest BCUT2D eigenvalue weighted by atomic mass is 9.73. The molecule has 0 amide bonds. The van der Waals surface area contributed by atoms with Gasteiger partial charge in [0.05, 0.1) is 2.74 Å². The fourth-order valence-corrected chi connectivity index (χ4v) is 7.90. The maximum atomic E-state index is 9.06. The highest BCUT2D eigenvalue weighted by atomic mass is 15.1. The van der Waals surface area contributed by atoms with Crippen LogP contribution in [0.1, 0.15) is 66.5 Å². The van der Waals surface area contributed by atoms with Crippen molar-refractivity contribution >= 4 is 61.5 Å². The molecule has 0 saturated heterocycles. The maximum absolute atomic E-state index is 9.06. The van der Waals surface area contributed by atoms with Crippen molar-refractivity contribution in [3.8, 4) is 11.1 Å². The van der Waals surface area contributed by atoms with Crippen LogP contribution < -0.4 is 4.90 Å². The summed E-state index contributed by atoms with van der Waals surface area (Å²) < 4.78 is 18.1. The van der Waals surface area contributed by atoms with Crippen molar-refractivity contribution in [3.63, 3.8) is 0 Å². The van der Waals surface area contributed by atoms with Gasteiger partial charge in [-0.3, -0.25) is 0 Å². The van der Waals surface area contributed by atoms with E-state index in [1.165, 1.54) is 43.4 Å². The second-order valence-corrected chi connectivity index (χ2v) is 16.1. The molecule has 0 aromatic heterocycles. The molecule has 53 heavy (non-hydrogen) atoms. The van der Waals surface area contributed by atoms with Crippen LogP contribution in [-0.4, -0.2) is 0 Å². The second-order valence-electron chi connectivity index (χ2n) is 16.1. The highest BCUT2D eigenvalue weighted by molar-refractivity contribution is 6.08. The summed E-state index contributed by atoms with van der Waals surface area (Å²) in [4.78, 5) is 2.23. The number of hydrogen-bond donors (Lipinski definition) is 0. The van der Waals surface area contributed by atoms with E-state index in [0.29, 0.717) is 5.56 Å². The van der Waals surface area contributed by atoms with Crippen molar-refractivity contribution in [1.82, 2.24) is 0 Å². The number of para-hydroxylation sites is 1. The number of anilines is 3. The zero-order chi connectivity index (χ0) is 38.5. The molecule has 0 radical (unpaired) electrons. The second kappa shape index (κ2) is 13.6. The van der Waals surface area contributed by atoms with Gasteiger partial charge < -0.3 is 4.90 Å². The Morgan fingerprint density at radius 1 is 0.396 bits per heavy atom. The van der Waals surface area contributed by atoms with E-state index in [4.69, 9.17) is 2.74 Å². The molecule has 0 aliphatic heterocycles. The average Bonchev–Trinajstić information content (AvgIpc) is 3.19. The zero-order valence-corrected chi connectivity index (χ0v) is 31.5. The minimum atomic E-state index is -0.0549. The van der Waals surface area contributed by atoms with Gasteiger partial charge in [-0.25, -0.2) is 0 Å². The molecule has 8 aromatic rings. The Labute approximate surface area is 317 Å². The minimum Gasteiger partial charge on any atom is -0.310 e. The van der Waals surface area contributed by atoms with Crippen LogP contribution in [0.2, 0.25) is 0 Å². The lowest BCUT2D eigenvalue weighted by Crippen LogP contribution is -2.17. The third kappa shape index (κ3) is 6.76. The highest BCUT2D eigenvalue weighted by Gasteiger charge is 2.27. The van der Waals surface area contributed by atoms with Crippen LogP contribution in [0.4, 0.5) is 17.1 Å². The van der Waals surface area contributed by atoms with Crippen LogP contribution in [0.15, 0.2) is 164 Å². The molecule has 1 heteroatoms. The molecule has 8 rings (SSSR count). The van der Waals surface area contributed by atoms with E-state index in [2.05, 4.69) is 156 Å². The Morgan fingerprint density at radius 2 is 0.868 bits per heavy atom. The van der Waals surface area contributed by atoms with E-state index in [1.807, 2.05) is 54.6 Å². The Balaban J connectivity index is 1.13. The largest absolute Gasteiger partial charge is 0.310 e. The summed E-state index contributed by atoms with van der Waals surface area (Å²) in [5.41, 5.74) is 9.43. The van der Waals surface area contributed by atoms with E-state index in [0.717, 1.165) is 33.8 Å². The summed E-state index contributed by atoms with van der Waals surface area (Å²) in [6, 6.07) is 57.6. The van der Waals surface area contributed by atoms with Crippen LogP contribution in [-0.2, 0) is 10.8 Å². The number of benzene rings is 8. The van der Waals surface area contributed by atoms with Crippen LogP contribution in [0, 0.1) is 0 Å². The molecule has 0 fully saturated rings. The van der Waals surface area contributed by atoms with Crippen molar-refractivity contribution in [2.45, 2.75) is 52.4 Å². The molecular formula is C52H47N. The van der Waals surface area contributed by atoms with Gasteiger partial charge in [-0.05, 0) is 119 Å². The van der Waals surface area contributed by atoms with E-state index < -0.39 is 0 Å². The fourth-order valence-electron chi connectivity index (χ4n) is 7.90. The van der Waals surface area contributed by atoms with Gasteiger partial charge in [0.25, 0.3) is 0 Å². The van der Waals surface area contributed by atoms with Crippen molar-refractivity contribution in [2.75, 3.05) is 4.90 Å². The molecular weight excluding hydrogens is 639 g/mol. The first-order chi connectivity index (χ1) is 26.4. The molecule has 1 nitrogen and oxygen atoms in total. The summed E-state index contributed by atoms with van der Waals surface area (Å²) in [7, 11) is 0. The number of fused-ring (bicyclic) bond motifs is 3. The molecule has 260 valence electrons. The molecule has 0 spiro atoms. The van der Waals surface area contributed by atoms with Gasteiger partial charge >= 0.3 is 0 Å². The van der Waals surface area contributed by atoms with Crippen molar-refractivity contribution in [3.05, 3.63) is 186 Å². The summed E-state index contributed by atoms with van der Waals surface area (Å²) in [5.74, 6) is 0. The van der Waals surface area contributed by atoms with Gasteiger partial charge in [0.2, 0.25) is 0 Å². The Morgan fingerprint density at radius 3 is 1.49 bits per heavy atom. The van der Waals surface area contributed by atoms with Gasteiger partial charge in [-0.2, -0.15) is 0 Å². The predicted molar refractivity (Wildman–Crippen MR) is 232 cm³/mol. The predicted octanol–water partition coefficient (Wildman–Crippen LogP) is 15.0. The Kier molecular flexibility index (Phi) is 8.14. The SMILES string of the molecule is [2H]/C(=C(/[2H])c1ccc(N(c2ccccc2)c2ccc3ccccc3c2)cc1)c1ccc(-c2ccc3c(C(C)(C)C)c4ccccc4c(C(C)(C)C)c3c2)cc1. The standard InChI is InChI=1S/C52H47N/c1-51(2,3)49-45-18-12-13-19-46(45)50(52(4,5)6)48-35-41(29-33-47(48)49)39-26-22-36(23-27-39)20-21-37-24-30-43(31-25-37)53(42-16-8-7-9-17-42)44-32-28-38-14-10-11-15-40(38)34-44/h7-35H,1-6H3/b21-20+/i20D,21D. The lowest BCUT2D eigenvalue weighted by Gasteiger charge is -2.30. The first-order valence-corrected chi connectivity index (χ1v) is 18.6. The van der Waals surface area contributed by atoms with Crippen LogP contribution >= 0.6 is 0 Å². The van der Waals surface area contributed by atoms with Crippen LogP contribution in [0.3, 0.4) is 0 Å². The highest BCUT2D eigenvalue weighted by Crippen LogP contribution is 2.45. The van der Waals surface area contributed by atoms with Crippen molar-refractivity contribution in [2.24, 2.45) is 0 Å². The zero-order valence-electron chi connectivity index (χ0n) is 33.5. The molecule has 0 N–H and O–H groups in total. The monoisotopic (exact) mass is 687 g/mol. The van der Waals surface area contributed by atoms with Gasteiger partial charge in [-0.15, -0.1) is 0 Å². The van der Waals surface area contributed by atoms with Crippen LogP contribution in [0.25, 0.3) is 55.5 Å². The maximum Gasteiger partial charge on any atom is 0.0629 e. The normalized spacial score (nSPS) is 13.2.